The van der Waals surface area contributed by atoms with Gasteiger partial charge in [0.15, 0.2) is 6.04 Å². The molecule has 1 aromatic carbocycles. The molecule has 1 aliphatic heterocycles. The fourth-order valence-corrected chi connectivity index (χ4v) is 3.89. The van der Waals surface area contributed by atoms with Crippen LogP contribution < -0.4 is 10.6 Å². The predicted octanol–water partition coefficient (Wildman–Crippen LogP) is 4.74. The van der Waals surface area contributed by atoms with Crippen LogP contribution in [-0.2, 0) is 13.0 Å². The van der Waals surface area contributed by atoms with Crippen LogP contribution in [0.3, 0.4) is 0 Å². The number of benzene rings is 1. The molecule has 2 N–H and O–H groups in total. The number of rotatable bonds is 5. The number of nitrogens with one attached hydrogen (secondary N) is 2. The molecule has 9 heteroatoms. The first-order chi connectivity index (χ1) is 15.3. The Morgan fingerprint density at radius 1 is 1.25 bits per heavy atom. The second-order valence-corrected chi connectivity index (χ2v) is 7.94. The third-order valence-electron chi connectivity index (χ3n) is 5.68. The molecule has 0 bridgehead atoms. The summed E-state index contributed by atoms with van der Waals surface area (Å²) in [4.78, 5) is 17.0. The van der Waals surface area contributed by atoms with Crippen molar-refractivity contribution in [2.75, 3.05) is 5.32 Å². The van der Waals surface area contributed by atoms with E-state index in [0.717, 1.165) is 27.8 Å². The average Bonchev–Trinajstić information content (AvgIpc) is 3.20. The molecule has 3 aromatic rings. The molecule has 2 atom stereocenters. The van der Waals surface area contributed by atoms with Gasteiger partial charge < -0.3 is 10.6 Å². The summed E-state index contributed by atoms with van der Waals surface area (Å²) < 4.78 is 42.4. The van der Waals surface area contributed by atoms with Gasteiger partial charge in [-0.25, -0.2) is 4.68 Å². The highest BCUT2D eigenvalue weighted by atomic mass is 19.4. The number of fused-ring (bicyclic) bond motifs is 1. The summed E-state index contributed by atoms with van der Waals surface area (Å²) >= 11 is 0. The van der Waals surface area contributed by atoms with Crippen LogP contribution in [0.4, 0.5) is 19.0 Å². The number of hydrogen-bond donors (Lipinski definition) is 2. The first-order valence-corrected chi connectivity index (χ1v) is 10.5. The van der Waals surface area contributed by atoms with E-state index >= 15 is 0 Å². The molecule has 1 amide bonds. The summed E-state index contributed by atoms with van der Waals surface area (Å²) in [6.45, 7) is 4.09. The molecule has 0 spiro atoms. The maximum atomic E-state index is 13.8. The number of carbonyl (C=O) groups is 1. The van der Waals surface area contributed by atoms with Gasteiger partial charge in [0.2, 0.25) is 0 Å². The van der Waals surface area contributed by atoms with Crippen molar-refractivity contribution >= 4 is 11.7 Å². The number of pyridine rings is 1. The van der Waals surface area contributed by atoms with Crippen LogP contribution in [0, 0.1) is 6.92 Å². The summed E-state index contributed by atoms with van der Waals surface area (Å²) in [5.74, 6) is -0.442. The van der Waals surface area contributed by atoms with Crippen LogP contribution in [0.5, 0.6) is 0 Å². The average molecular weight is 443 g/mol. The molecule has 2 aromatic heterocycles. The van der Waals surface area contributed by atoms with Crippen LogP contribution in [0.15, 0.2) is 48.8 Å². The van der Waals surface area contributed by atoms with Crippen molar-refractivity contribution in [3.63, 3.8) is 0 Å². The van der Waals surface area contributed by atoms with E-state index < -0.39 is 24.2 Å². The minimum atomic E-state index is -4.50. The molecule has 0 aliphatic carbocycles. The number of halogens is 3. The molecule has 0 saturated heterocycles. The minimum absolute atomic E-state index is 0.0674. The number of anilines is 1. The Morgan fingerprint density at radius 3 is 2.66 bits per heavy atom. The van der Waals surface area contributed by atoms with E-state index in [-0.39, 0.29) is 24.3 Å². The largest absolute Gasteiger partial charge is 0.410 e. The number of hydrogen-bond acceptors (Lipinski definition) is 4. The molecule has 32 heavy (non-hydrogen) atoms. The molecule has 0 unspecified atom stereocenters. The normalized spacial score (nSPS) is 18.0. The lowest BCUT2D eigenvalue weighted by Crippen LogP contribution is -2.36. The molecule has 0 fully saturated rings. The highest BCUT2D eigenvalue weighted by molar-refractivity contribution is 5.98. The molecule has 4 rings (SSSR count). The third kappa shape index (κ3) is 4.46. The smallest absolute Gasteiger partial charge is 0.363 e. The number of aromatic nitrogens is 3. The molecule has 168 valence electrons. The number of nitrogens with zero attached hydrogens (tertiary/aromatic N) is 3. The predicted molar refractivity (Wildman–Crippen MR) is 114 cm³/mol. The molecular weight excluding hydrogens is 419 g/mol. The van der Waals surface area contributed by atoms with Crippen LogP contribution in [0.25, 0.3) is 0 Å². The topological polar surface area (TPSA) is 71.8 Å². The lowest BCUT2D eigenvalue weighted by molar-refractivity contribution is -0.173. The lowest BCUT2D eigenvalue weighted by atomic mass is 9.95. The Bertz CT molecular complexity index is 1110. The number of alkyl halides is 3. The Balaban J connectivity index is 1.61. The fraction of sp³-hybridized carbons (Fsp3) is 0.348. The zero-order valence-electron chi connectivity index (χ0n) is 17.8. The second kappa shape index (κ2) is 8.64. The van der Waals surface area contributed by atoms with Gasteiger partial charge in [0, 0.05) is 12.6 Å². The van der Waals surface area contributed by atoms with Crippen molar-refractivity contribution in [1.82, 2.24) is 20.1 Å². The Morgan fingerprint density at radius 2 is 2.00 bits per heavy atom. The van der Waals surface area contributed by atoms with E-state index in [1.54, 1.807) is 6.20 Å². The second-order valence-electron chi connectivity index (χ2n) is 7.94. The van der Waals surface area contributed by atoms with Crippen molar-refractivity contribution in [2.24, 2.45) is 0 Å². The van der Waals surface area contributed by atoms with E-state index in [0.29, 0.717) is 5.69 Å². The quantitative estimate of drug-likeness (QED) is 0.598. The zero-order valence-corrected chi connectivity index (χ0v) is 17.8. The number of amides is 1. The first-order valence-electron chi connectivity index (χ1n) is 10.5. The van der Waals surface area contributed by atoms with Gasteiger partial charge in [0.25, 0.3) is 5.91 Å². The summed E-state index contributed by atoms with van der Waals surface area (Å²) in [5, 5.41) is 9.75. The van der Waals surface area contributed by atoms with Gasteiger partial charge in [-0.3, -0.25) is 9.78 Å². The van der Waals surface area contributed by atoms with Crippen molar-refractivity contribution in [3.05, 3.63) is 76.7 Å². The van der Waals surface area contributed by atoms with Crippen molar-refractivity contribution in [2.45, 2.75) is 51.5 Å². The number of aryl methyl sites for hydroxylation is 2. The Labute approximate surface area is 183 Å². The monoisotopic (exact) mass is 443 g/mol. The van der Waals surface area contributed by atoms with E-state index in [4.69, 9.17) is 0 Å². The van der Waals surface area contributed by atoms with Crippen molar-refractivity contribution in [3.8, 4) is 0 Å². The molecule has 3 heterocycles. The molecule has 0 saturated carbocycles. The molecule has 6 nitrogen and oxygen atoms in total. The Hall–Kier alpha value is -3.36. The lowest BCUT2D eigenvalue weighted by Gasteiger charge is -2.34. The molecule has 0 radical (unpaired) electrons. The van der Waals surface area contributed by atoms with Crippen LogP contribution >= 0.6 is 0 Å². The maximum Gasteiger partial charge on any atom is 0.410 e. The van der Waals surface area contributed by atoms with Gasteiger partial charge in [-0.2, -0.15) is 18.3 Å². The van der Waals surface area contributed by atoms with Gasteiger partial charge in [-0.1, -0.05) is 31.2 Å². The minimum Gasteiger partial charge on any atom is -0.363 e. The van der Waals surface area contributed by atoms with Gasteiger partial charge in [-0.15, -0.1) is 0 Å². The van der Waals surface area contributed by atoms with Gasteiger partial charge in [0.1, 0.15) is 11.4 Å². The van der Waals surface area contributed by atoms with Gasteiger partial charge in [-0.05, 0) is 42.2 Å². The third-order valence-corrected chi connectivity index (χ3v) is 5.68. The van der Waals surface area contributed by atoms with Crippen LogP contribution in [-0.4, -0.2) is 26.8 Å². The fourth-order valence-electron chi connectivity index (χ4n) is 3.89. The standard InChI is InChI=1S/C23H24F3N5O/c1-3-15-4-6-16(7-5-15)19-11-20(23(24,25)26)31-21(30-19)18(13-29-31)22(32)28-12-17-10-14(2)8-9-27-17/h4-10,13,19-20,30H,3,11-12H2,1-2H3,(H,28,32)/t19-,20+/m0/s1. The van der Waals surface area contributed by atoms with Gasteiger partial charge >= 0.3 is 6.18 Å². The van der Waals surface area contributed by atoms with E-state index in [2.05, 4.69) is 20.7 Å². The van der Waals surface area contributed by atoms with E-state index in [1.165, 1.54) is 6.20 Å². The van der Waals surface area contributed by atoms with E-state index in [9.17, 15) is 18.0 Å². The molecular formula is C23H24F3N5O. The van der Waals surface area contributed by atoms with Crippen molar-refractivity contribution < 1.29 is 18.0 Å². The van der Waals surface area contributed by atoms with Crippen molar-refractivity contribution in [1.29, 1.82) is 0 Å². The highest BCUT2D eigenvalue weighted by Gasteiger charge is 2.47. The summed E-state index contributed by atoms with van der Waals surface area (Å²) in [6, 6.07) is 8.74. The SMILES string of the molecule is CCc1ccc([C@@H]2C[C@H](C(F)(F)F)n3ncc(C(=O)NCc4cc(C)ccn4)c3N2)cc1. The highest BCUT2D eigenvalue weighted by Crippen LogP contribution is 2.44. The van der Waals surface area contributed by atoms with E-state index in [1.807, 2.05) is 50.2 Å². The molecule has 1 aliphatic rings. The zero-order chi connectivity index (χ0) is 22.9. The van der Waals surface area contributed by atoms with Gasteiger partial charge in [0.05, 0.1) is 24.5 Å². The number of carbonyl (C=O) groups excluding carboxylic acids is 1. The van der Waals surface area contributed by atoms with Crippen LogP contribution in [0.2, 0.25) is 0 Å². The summed E-state index contributed by atoms with van der Waals surface area (Å²) in [7, 11) is 0. The van der Waals surface area contributed by atoms with Crippen LogP contribution in [0.1, 0.15) is 58.2 Å². The maximum absolute atomic E-state index is 13.8. The summed E-state index contributed by atoms with van der Waals surface area (Å²) in [5.41, 5.74) is 3.57. The Kier molecular flexibility index (Phi) is 5.90. The first kappa shape index (κ1) is 21.9. The summed E-state index contributed by atoms with van der Waals surface area (Å²) in [6.07, 6.45) is -1.04.